The fourth-order valence-electron chi connectivity index (χ4n) is 9.74. The molecular weight excluding hydrogens is 747 g/mol. The summed E-state index contributed by atoms with van der Waals surface area (Å²) >= 11 is 6.28. The smallest absolute Gasteiger partial charge is 0.460 e. The summed E-state index contributed by atoms with van der Waals surface area (Å²) in [5.74, 6) is 1.34. The summed E-state index contributed by atoms with van der Waals surface area (Å²) < 4.78 is 65.5. The van der Waals surface area contributed by atoms with Crippen LogP contribution in [-0.2, 0) is 27.8 Å². The molecule has 1 saturated carbocycles. The zero-order valence-electron chi connectivity index (χ0n) is 32.4. The molecule has 13 heteroatoms. The van der Waals surface area contributed by atoms with Gasteiger partial charge in [0.2, 0.25) is 0 Å². The summed E-state index contributed by atoms with van der Waals surface area (Å²) in [6.45, 7) is 4.57. The van der Waals surface area contributed by atoms with Gasteiger partial charge in [0.05, 0.1) is 26.4 Å². The molecule has 0 bridgehead atoms. The van der Waals surface area contributed by atoms with Crippen molar-refractivity contribution in [2.24, 2.45) is 17.8 Å². The van der Waals surface area contributed by atoms with Crippen LogP contribution in [0.3, 0.4) is 0 Å². The monoisotopic (exact) mass is 799 g/mol. The van der Waals surface area contributed by atoms with E-state index in [1.54, 1.807) is 18.2 Å². The van der Waals surface area contributed by atoms with Gasteiger partial charge in [-0.1, -0.05) is 31.5 Å². The molecule has 1 unspecified atom stereocenters. The first-order valence-electron chi connectivity index (χ1n) is 19.9. The maximum absolute atomic E-state index is 13.8. The Morgan fingerprint density at radius 2 is 1.88 bits per heavy atom. The predicted molar refractivity (Wildman–Crippen MR) is 208 cm³/mol. The van der Waals surface area contributed by atoms with E-state index in [9.17, 15) is 23.1 Å². The molecule has 1 aromatic heterocycles. The number of carboxylic acid groups (broad SMARTS) is 1. The lowest BCUT2D eigenvalue weighted by Crippen LogP contribution is -2.53. The first-order chi connectivity index (χ1) is 26.8. The van der Waals surface area contributed by atoms with Crippen LogP contribution in [0, 0.1) is 17.8 Å². The number of methoxy groups -OCH3 is 1. The fourth-order valence-corrected chi connectivity index (χ4v) is 9.93. The maximum Gasteiger partial charge on any atom is 0.460 e. The summed E-state index contributed by atoms with van der Waals surface area (Å²) in [5.41, 5.74) is 3.73. The highest BCUT2D eigenvalue weighted by Crippen LogP contribution is 2.58. The molecule has 0 saturated heterocycles. The van der Waals surface area contributed by atoms with Crippen molar-refractivity contribution in [2.75, 3.05) is 51.9 Å². The second-order valence-electron chi connectivity index (χ2n) is 16.5. The summed E-state index contributed by atoms with van der Waals surface area (Å²) in [7, 11) is 1.38. The van der Waals surface area contributed by atoms with Gasteiger partial charge < -0.3 is 29.4 Å². The first-order valence-corrected chi connectivity index (χ1v) is 20.3. The van der Waals surface area contributed by atoms with E-state index >= 15 is 0 Å². The van der Waals surface area contributed by atoms with Crippen molar-refractivity contribution in [1.29, 1.82) is 0 Å². The summed E-state index contributed by atoms with van der Waals surface area (Å²) in [6, 6.07) is 13.2. The Kier molecular flexibility index (Phi) is 12.0. The molecule has 4 atom stereocenters. The average molecular weight is 800 g/mol. The van der Waals surface area contributed by atoms with Crippen LogP contribution in [0.15, 0.2) is 48.7 Å². The van der Waals surface area contributed by atoms with Crippen molar-refractivity contribution >= 4 is 23.3 Å². The van der Waals surface area contributed by atoms with Gasteiger partial charge >= 0.3 is 12.3 Å². The molecule has 1 aliphatic heterocycles. The number of hydrogen-bond acceptors (Lipinski definition) is 8. The molecule has 2 aromatic carbocycles. The highest BCUT2D eigenvalue weighted by atomic mass is 35.5. The Morgan fingerprint density at radius 3 is 2.57 bits per heavy atom. The van der Waals surface area contributed by atoms with E-state index in [1.165, 1.54) is 12.7 Å². The molecule has 2 heterocycles. The zero-order valence-corrected chi connectivity index (χ0v) is 33.2. The van der Waals surface area contributed by atoms with Crippen LogP contribution >= 0.6 is 11.6 Å². The van der Waals surface area contributed by atoms with E-state index in [0.29, 0.717) is 65.3 Å². The Hall–Kier alpha value is -3.74. The van der Waals surface area contributed by atoms with Crippen LogP contribution in [0.5, 0.6) is 17.2 Å². The van der Waals surface area contributed by atoms with Crippen molar-refractivity contribution in [3.05, 3.63) is 76.1 Å². The lowest BCUT2D eigenvalue weighted by Gasteiger charge is -2.47. The van der Waals surface area contributed by atoms with E-state index in [-0.39, 0.29) is 50.2 Å². The molecule has 2 N–H and O–H groups in total. The van der Waals surface area contributed by atoms with Crippen LogP contribution < -0.4 is 19.5 Å². The largest absolute Gasteiger partial charge is 0.493 e. The van der Waals surface area contributed by atoms with E-state index < -0.39 is 23.7 Å². The Balaban J connectivity index is 1.13. The number of nitrogens with zero attached hydrogens (tertiary/aromatic N) is 2. The van der Waals surface area contributed by atoms with Gasteiger partial charge in [0.1, 0.15) is 11.3 Å². The molecule has 9 nitrogen and oxygen atoms in total. The van der Waals surface area contributed by atoms with Crippen LogP contribution in [0.2, 0.25) is 5.02 Å². The summed E-state index contributed by atoms with van der Waals surface area (Å²) in [5, 5.41) is 14.5. The number of carbonyl (C=O) groups is 1. The van der Waals surface area contributed by atoms with E-state index in [4.69, 9.17) is 30.5 Å². The second kappa shape index (κ2) is 16.6. The number of nitrogens with one attached hydrogen (secondary N) is 1. The van der Waals surface area contributed by atoms with Crippen molar-refractivity contribution in [3.8, 4) is 17.2 Å². The van der Waals surface area contributed by atoms with Gasteiger partial charge in [-0.2, -0.15) is 13.2 Å². The summed E-state index contributed by atoms with van der Waals surface area (Å²) in [4.78, 5) is 18.1. The molecule has 304 valence electrons. The number of benzene rings is 2. The molecule has 3 aromatic rings. The maximum atomic E-state index is 13.8. The minimum atomic E-state index is -4.51. The predicted octanol–water partition coefficient (Wildman–Crippen LogP) is 9.06. The number of pyridine rings is 1. The van der Waals surface area contributed by atoms with Crippen LogP contribution in [0.25, 0.3) is 0 Å². The number of halogens is 4. The van der Waals surface area contributed by atoms with E-state index in [1.807, 2.05) is 30.5 Å². The highest BCUT2D eigenvalue weighted by molar-refractivity contribution is 6.30. The number of aryl methyl sites for hydroxylation is 1. The Bertz CT molecular complexity index is 1870. The summed E-state index contributed by atoms with van der Waals surface area (Å²) in [6.07, 6.45) is 4.21. The van der Waals surface area contributed by atoms with Gasteiger partial charge in [-0.05, 0) is 128 Å². The molecule has 1 fully saturated rings. The number of hydrogen-bond donors (Lipinski definition) is 2. The zero-order chi connectivity index (χ0) is 39.7. The minimum absolute atomic E-state index is 0.0441. The molecule has 4 aliphatic rings. The van der Waals surface area contributed by atoms with Gasteiger partial charge in [-0.25, -0.2) is 9.69 Å². The molecular formula is C43H53ClF3N3O6. The van der Waals surface area contributed by atoms with Gasteiger partial charge in [-0.3, -0.25) is 4.98 Å². The number of rotatable bonds is 13. The number of carboxylic acids is 1. The highest BCUT2D eigenvalue weighted by Gasteiger charge is 2.54. The second-order valence-corrected chi connectivity index (χ2v) is 17.0. The van der Waals surface area contributed by atoms with Gasteiger partial charge in [-0.15, -0.1) is 0 Å². The SMILES string of the molecule is COCCN(CC1COc2cc3c(cc2OC1)C1(CCC(Nc2cccc(Cl)c2)(C(=O)O)CC1)[C@@H](C[C@@H](C)COc1ccnc2c1[C@H](C)CCC2)C3)C(F)(F)F. The van der Waals surface area contributed by atoms with Crippen LogP contribution in [0.4, 0.5) is 18.9 Å². The normalized spacial score (nSPS) is 26.3. The fraction of sp³-hybridized carbons (Fsp3) is 0.581. The number of ether oxygens (including phenoxy) is 4. The van der Waals surface area contributed by atoms with Crippen molar-refractivity contribution in [3.63, 3.8) is 0 Å². The minimum Gasteiger partial charge on any atom is -0.493 e. The molecule has 56 heavy (non-hydrogen) atoms. The number of aromatic nitrogens is 1. The quantitative estimate of drug-likeness (QED) is 0.164. The van der Waals surface area contributed by atoms with Crippen molar-refractivity contribution in [1.82, 2.24) is 9.88 Å². The number of anilines is 1. The van der Waals surface area contributed by atoms with Gasteiger partial charge in [0.15, 0.2) is 11.5 Å². The standard InChI is InChI=1S/C43H53ClF3N3O6/c1-27(24-54-36-10-15-48-35-9-4-6-28(2)39(35)36)18-31-19-30-20-37-38(56-26-29(25-55-37)23-50(16-17-53-3)43(45,46)47)22-34(30)41(31)11-13-42(14-12-41,40(51)52)49-33-8-5-7-32(44)21-33/h5,7-8,10,15,20-22,27-29,31,49H,4,6,9,11-14,16-19,23-26H2,1-3H3,(H,51,52)/t27-,28-,29?,31+,41?,42?/m1/s1. The molecule has 7 rings (SSSR count). The number of alkyl halides is 3. The van der Waals surface area contributed by atoms with Crippen molar-refractivity contribution < 1.29 is 42.0 Å². The Labute approximate surface area is 332 Å². The average Bonchev–Trinajstić information content (AvgIpc) is 3.28. The van der Waals surface area contributed by atoms with E-state index in [0.717, 1.165) is 54.7 Å². The number of fused-ring (bicyclic) bond motifs is 4. The molecule has 0 amide bonds. The third kappa shape index (κ3) is 8.43. The lowest BCUT2D eigenvalue weighted by atomic mass is 9.59. The third-order valence-corrected chi connectivity index (χ3v) is 12.9. The Morgan fingerprint density at radius 1 is 1.12 bits per heavy atom. The molecule has 0 radical (unpaired) electrons. The number of aliphatic carboxylic acids is 1. The van der Waals surface area contributed by atoms with E-state index in [2.05, 4.69) is 24.1 Å². The van der Waals surface area contributed by atoms with Crippen LogP contribution in [0.1, 0.15) is 87.1 Å². The van der Waals surface area contributed by atoms with Crippen LogP contribution in [-0.4, -0.2) is 79.4 Å². The third-order valence-electron chi connectivity index (χ3n) is 12.7. The van der Waals surface area contributed by atoms with Gasteiger partial charge in [0, 0.05) is 54.3 Å². The molecule has 3 aliphatic carbocycles. The van der Waals surface area contributed by atoms with Crippen molar-refractivity contribution in [2.45, 2.75) is 94.8 Å². The first kappa shape index (κ1) is 40.5. The van der Waals surface area contributed by atoms with Gasteiger partial charge in [0.25, 0.3) is 0 Å². The lowest BCUT2D eigenvalue weighted by molar-refractivity contribution is -0.251. The molecule has 1 spiro atoms. The topological polar surface area (TPSA) is 102 Å².